The number of hydrogen-bond acceptors (Lipinski definition) is 0. The van der Waals surface area contributed by atoms with Crippen LogP contribution in [0.1, 0.15) is 41.5 Å². The van der Waals surface area contributed by atoms with Crippen molar-refractivity contribution < 1.29 is 11.5 Å². The quantitative estimate of drug-likeness (QED) is 0.339. The van der Waals surface area contributed by atoms with Crippen LogP contribution in [0.5, 0.6) is 0 Å². The minimum atomic E-state index is -1.46. The van der Waals surface area contributed by atoms with Crippen LogP contribution in [0.2, 0.25) is 41.9 Å². The van der Waals surface area contributed by atoms with Crippen LogP contribution in [0.3, 0.4) is 0 Å². The molecule has 17 heavy (non-hydrogen) atoms. The molecule has 0 N–H and O–H groups in total. The summed E-state index contributed by atoms with van der Waals surface area (Å²) >= 11 is -1.39. The number of rotatable bonds is 8. The van der Waals surface area contributed by atoms with Gasteiger partial charge in [0.2, 0.25) is 0 Å². The molecular formula is C14H38As2Pt. The van der Waals surface area contributed by atoms with Crippen LogP contribution < -0.4 is 0 Å². The second-order valence-electron chi connectivity index (χ2n) is 5.32. The maximum absolute atomic E-state index is 2.89. The molecule has 0 saturated heterocycles. The predicted molar refractivity (Wildman–Crippen MR) is 88.9 cm³/mol. The standard InChI is InChI=1S/2C6H16As.2CH3.Pt/c2*1-4-7(5-2)6-3;;;/h2*7H,4-6H2,1-3H3;2*1H3;/q2*+1;;;-2. The van der Waals surface area contributed by atoms with Gasteiger partial charge in [-0.1, -0.05) is 0 Å². The van der Waals surface area contributed by atoms with Crippen molar-refractivity contribution in [2.45, 2.75) is 83.4 Å². The van der Waals surface area contributed by atoms with E-state index >= 15 is 0 Å². The molecule has 0 aromatic carbocycles. The van der Waals surface area contributed by atoms with Gasteiger partial charge >= 0.3 is 117 Å². The average molecular weight is 551 g/mol. The van der Waals surface area contributed by atoms with Gasteiger partial charge in [-0.2, -0.15) is 0 Å². The molecule has 0 spiro atoms. The van der Waals surface area contributed by atoms with Gasteiger partial charge in [0.25, 0.3) is 0 Å². The summed E-state index contributed by atoms with van der Waals surface area (Å²) < 4.78 is 0. The first-order valence-electron chi connectivity index (χ1n) is 7.31. The molecule has 0 rings (SSSR count). The van der Waals surface area contributed by atoms with Crippen molar-refractivity contribution in [2.24, 2.45) is 0 Å². The van der Waals surface area contributed by atoms with E-state index in [9.17, 15) is 0 Å². The Kier molecular flexibility index (Phi) is 8.35. The van der Waals surface area contributed by atoms with Crippen LogP contribution in [0.25, 0.3) is 0 Å². The summed E-state index contributed by atoms with van der Waals surface area (Å²) in [5.74, 6) is 0. The fourth-order valence-corrected chi connectivity index (χ4v) is 218. The first-order valence-corrected chi connectivity index (χ1v) is 33.9. The van der Waals surface area contributed by atoms with E-state index < -0.39 is 33.2 Å². The van der Waals surface area contributed by atoms with Gasteiger partial charge in [0.1, 0.15) is 0 Å². The normalized spacial score (nSPS) is 16.9. The van der Waals surface area contributed by atoms with Crippen LogP contribution in [0.4, 0.5) is 0 Å². The van der Waals surface area contributed by atoms with Crippen LogP contribution in [0.15, 0.2) is 0 Å². The fraction of sp³-hybridized carbons (Fsp3) is 1.00. The third-order valence-electron chi connectivity index (χ3n) is 5.35. The Balaban J connectivity index is 5.60. The Morgan fingerprint density at radius 3 is 0.824 bits per heavy atom. The molecule has 0 fully saturated rings. The topological polar surface area (TPSA) is 0 Å². The molecule has 0 nitrogen and oxygen atoms in total. The van der Waals surface area contributed by atoms with E-state index in [1.165, 1.54) is 0 Å². The number of hydrogen-bond donors (Lipinski definition) is 0. The van der Waals surface area contributed by atoms with Crippen molar-refractivity contribution in [1.82, 2.24) is 0 Å². The molecule has 114 valence electrons. The predicted octanol–water partition coefficient (Wildman–Crippen LogP) is 5.71. The van der Waals surface area contributed by atoms with Gasteiger partial charge in [0.15, 0.2) is 0 Å². The van der Waals surface area contributed by atoms with E-state index in [4.69, 9.17) is 0 Å². The van der Waals surface area contributed by atoms with Crippen molar-refractivity contribution in [3.63, 3.8) is 0 Å². The van der Waals surface area contributed by atoms with Crippen molar-refractivity contribution >= 4 is 21.7 Å². The van der Waals surface area contributed by atoms with Crippen molar-refractivity contribution in [3.05, 3.63) is 0 Å². The summed E-state index contributed by atoms with van der Waals surface area (Å²) in [7, 11) is -2.92. The van der Waals surface area contributed by atoms with Gasteiger partial charge in [-0.15, -0.1) is 0 Å². The molecule has 0 atom stereocenters. The summed E-state index contributed by atoms with van der Waals surface area (Å²) in [6.45, 7) is 15.3. The molecule has 0 aliphatic rings. The molecule has 0 aromatic heterocycles. The van der Waals surface area contributed by atoms with Gasteiger partial charge in [-0.25, -0.2) is 0 Å². The van der Waals surface area contributed by atoms with Crippen molar-refractivity contribution in [1.29, 1.82) is 0 Å². The summed E-state index contributed by atoms with van der Waals surface area (Å²) in [5.41, 5.74) is 0. The van der Waals surface area contributed by atoms with Crippen LogP contribution in [-0.2, 0) is 11.5 Å². The van der Waals surface area contributed by atoms with Gasteiger partial charge in [-0.05, 0) is 0 Å². The molecule has 0 amide bonds. The van der Waals surface area contributed by atoms with E-state index in [0.29, 0.717) is 0 Å². The average Bonchev–Trinajstić information content (AvgIpc) is 2.34. The summed E-state index contributed by atoms with van der Waals surface area (Å²) in [6, 6.07) is 0. The zero-order valence-electron chi connectivity index (χ0n) is 13.6. The second kappa shape index (κ2) is 7.55. The summed E-state index contributed by atoms with van der Waals surface area (Å²) in [6.07, 6.45) is 0. The summed E-state index contributed by atoms with van der Waals surface area (Å²) in [4.78, 5) is 0. The Labute approximate surface area is 115 Å². The second-order valence-corrected chi connectivity index (χ2v) is 94.3. The molecule has 0 radical (unpaired) electrons. The molecule has 0 heterocycles. The Bertz CT molecular complexity index is 180. The third-order valence-corrected chi connectivity index (χ3v) is 175. The molecule has 0 aliphatic heterocycles. The Morgan fingerprint density at radius 2 is 0.706 bits per heavy atom. The molecule has 0 unspecified atom stereocenters. The van der Waals surface area contributed by atoms with E-state index in [1.807, 2.05) is 0 Å². The third kappa shape index (κ3) is 3.11. The van der Waals surface area contributed by atoms with Gasteiger partial charge in [-0.3, -0.25) is 0 Å². The SMILES string of the molecule is CC[AsH](CC)(CC)[Pt]([CH3])([CH3])[AsH](CC)(CC)CC. The fourth-order valence-electron chi connectivity index (χ4n) is 3.53. The molecule has 0 aromatic rings. The van der Waals surface area contributed by atoms with Crippen molar-refractivity contribution in [3.8, 4) is 0 Å². The monoisotopic (exact) mass is 551 g/mol. The van der Waals surface area contributed by atoms with Crippen LogP contribution in [-0.4, -0.2) is 21.7 Å². The first kappa shape index (κ1) is 18.8. The Morgan fingerprint density at radius 1 is 0.529 bits per heavy atom. The molecule has 0 saturated carbocycles. The molecule has 0 aliphatic carbocycles. The molecule has 0 bridgehead atoms. The van der Waals surface area contributed by atoms with E-state index in [-0.39, 0.29) is 0 Å². The van der Waals surface area contributed by atoms with Crippen molar-refractivity contribution in [2.75, 3.05) is 0 Å². The van der Waals surface area contributed by atoms with E-state index in [2.05, 4.69) is 52.2 Å². The molecular weight excluding hydrogens is 513 g/mol. The van der Waals surface area contributed by atoms with E-state index in [0.717, 1.165) is 0 Å². The van der Waals surface area contributed by atoms with Gasteiger partial charge in [0.05, 0.1) is 0 Å². The minimum absolute atomic E-state index is 1.39. The van der Waals surface area contributed by atoms with Crippen LogP contribution >= 0.6 is 0 Å². The first-order chi connectivity index (χ1) is 7.86. The van der Waals surface area contributed by atoms with E-state index in [1.54, 1.807) is 31.3 Å². The Hall–Kier alpha value is 1.81. The zero-order chi connectivity index (χ0) is 13.7. The summed E-state index contributed by atoms with van der Waals surface area (Å²) in [5, 5.41) is 15.6. The molecule has 3 heteroatoms. The zero-order valence-corrected chi connectivity index (χ0v) is 20.0. The van der Waals surface area contributed by atoms with Crippen LogP contribution in [0, 0.1) is 0 Å². The van der Waals surface area contributed by atoms with Gasteiger partial charge < -0.3 is 0 Å². The van der Waals surface area contributed by atoms with Gasteiger partial charge in [0, 0.05) is 0 Å². The maximum atomic E-state index is 2.89.